The maximum atomic E-state index is 5.18. The van der Waals surface area contributed by atoms with Crippen molar-refractivity contribution in [2.75, 3.05) is 10.2 Å². The molecule has 0 aliphatic carbocycles. The van der Waals surface area contributed by atoms with Crippen LogP contribution in [0.2, 0.25) is 0 Å². The summed E-state index contributed by atoms with van der Waals surface area (Å²) >= 11 is 0. The zero-order valence-electron chi connectivity index (χ0n) is 36.4. The molecule has 0 spiro atoms. The third-order valence-corrected chi connectivity index (χ3v) is 13.9. The minimum atomic E-state index is -0.0365. The third kappa shape index (κ3) is 5.71. The maximum Gasteiger partial charge on any atom is 0.145 e. The van der Waals surface area contributed by atoms with E-state index in [1.54, 1.807) is 0 Å². The molecule has 1 unspecified atom stereocenters. The fraction of sp³-hybridized carbons (Fsp3) is 0.0161. The van der Waals surface area contributed by atoms with Crippen molar-refractivity contribution in [3.8, 4) is 33.9 Å². The van der Waals surface area contributed by atoms with Gasteiger partial charge >= 0.3 is 0 Å². The summed E-state index contributed by atoms with van der Waals surface area (Å²) in [6, 6.07) is 85.7. The Kier molecular flexibility index (Phi) is 8.28. The first-order valence-corrected chi connectivity index (χ1v) is 23.0. The van der Waals surface area contributed by atoms with E-state index in [0.29, 0.717) is 0 Å². The van der Waals surface area contributed by atoms with Gasteiger partial charge in [0.2, 0.25) is 0 Å². The zero-order chi connectivity index (χ0) is 44.0. The number of benzene rings is 11. The van der Waals surface area contributed by atoms with E-state index >= 15 is 0 Å². The van der Waals surface area contributed by atoms with Crippen molar-refractivity contribution in [3.63, 3.8) is 0 Å². The van der Waals surface area contributed by atoms with Crippen LogP contribution in [0.15, 0.2) is 237 Å². The molecule has 11 aromatic carbocycles. The van der Waals surface area contributed by atoms with Crippen LogP contribution < -0.4 is 10.2 Å². The second-order valence-corrected chi connectivity index (χ2v) is 17.5. The van der Waals surface area contributed by atoms with E-state index in [-0.39, 0.29) is 6.17 Å². The number of aromatic nitrogens is 3. The second kappa shape index (κ2) is 14.8. The van der Waals surface area contributed by atoms with Crippen molar-refractivity contribution in [1.29, 1.82) is 0 Å². The molecule has 0 fully saturated rings. The first-order chi connectivity index (χ1) is 33.3. The van der Waals surface area contributed by atoms with E-state index in [9.17, 15) is 0 Å². The highest BCUT2D eigenvalue weighted by Gasteiger charge is 2.31. The highest BCUT2D eigenvalue weighted by molar-refractivity contribution is 6.38. The number of hydrogen-bond acceptors (Lipinski definition) is 3. The van der Waals surface area contributed by atoms with Crippen molar-refractivity contribution in [1.82, 2.24) is 14.1 Å². The minimum absolute atomic E-state index is 0.0365. The molecule has 0 saturated heterocycles. The lowest BCUT2D eigenvalue weighted by Gasteiger charge is -2.27. The highest BCUT2D eigenvalue weighted by atomic mass is 15.3. The van der Waals surface area contributed by atoms with E-state index in [2.05, 4.69) is 256 Å². The fourth-order valence-electron chi connectivity index (χ4n) is 11.0. The van der Waals surface area contributed by atoms with E-state index in [0.717, 1.165) is 45.2 Å². The lowest BCUT2D eigenvalue weighted by molar-refractivity contribution is 0.828. The van der Waals surface area contributed by atoms with Gasteiger partial charge in [0, 0.05) is 44.2 Å². The number of rotatable bonds is 6. The molecule has 14 rings (SSSR count). The summed E-state index contributed by atoms with van der Waals surface area (Å²) in [7, 11) is 0. The van der Waals surface area contributed by atoms with Gasteiger partial charge in [-0.15, -0.1) is 0 Å². The van der Waals surface area contributed by atoms with Gasteiger partial charge in [-0.2, -0.15) is 0 Å². The molecular weight excluding hydrogens is 815 g/mol. The van der Waals surface area contributed by atoms with Crippen LogP contribution in [0.1, 0.15) is 11.7 Å². The molecular formula is C62H41N5. The van der Waals surface area contributed by atoms with Gasteiger partial charge < -0.3 is 14.8 Å². The number of imidazole rings is 1. The van der Waals surface area contributed by atoms with Crippen LogP contribution in [0.5, 0.6) is 0 Å². The molecule has 0 bridgehead atoms. The van der Waals surface area contributed by atoms with Crippen LogP contribution in [0, 0.1) is 0 Å². The summed E-state index contributed by atoms with van der Waals surface area (Å²) in [5.74, 6) is 0.921. The SMILES string of the molecule is c1ccc(N2c3ccccc3NC2c2ccc(-c3cc4c5ccccc5c5c(c6ccccc6n5-c5ccc(-c6nc7ccccc7n6-c6ccccc6)cc5)c4c4ccccc34)cc2)cc1. The number of anilines is 3. The summed E-state index contributed by atoms with van der Waals surface area (Å²) in [5, 5.41) is 13.8. The topological polar surface area (TPSA) is 38.0 Å². The predicted octanol–water partition coefficient (Wildman–Crippen LogP) is 16.2. The van der Waals surface area contributed by atoms with Crippen LogP contribution in [-0.4, -0.2) is 14.1 Å². The number of hydrogen-bond donors (Lipinski definition) is 1. The Morgan fingerprint density at radius 2 is 0.970 bits per heavy atom. The quantitative estimate of drug-likeness (QED) is 0.169. The van der Waals surface area contributed by atoms with Gasteiger partial charge in [0.25, 0.3) is 0 Å². The molecule has 67 heavy (non-hydrogen) atoms. The van der Waals surface area contributed by atoms with Crippen LogP contribution in [0.25, 0.3) is 99.0 Å². The second-order valence-electron chi connectivity index (χ2n) is 17.5. The monoisotopic (exact) mass is 855 g/mol. The Balaban J connectivity index is 0.944. The molecule has 5 heteroatoms. The smallest absolute Gasteiger partial charge is 0.145 e. The van der Waals surface area contributed by atoms with Crippen LogP contribution >= 0.6 is 0 Å². The fourth-order valence-corrected chi connectivity index (χ4v) is 11.0. The van der Waals surface area contributed by atoms with Crippen LogP contribution in [0.3, 0.4) is 0 Å². The van der Waals surface area contributed by atoms with E-state index in [4.69, 9.17) is 4.98 Å². The van der Waals surface area contributed by atoms with Crippen molar-refractivity contribution >= 4 is 82.2 Å². The van der Waals surface area contributed by atoms with Crippen LogP contribution in [0.4, 0.5) is 17.1 Å². The predicted molar refractivity (Wildman–Crippen MR) is 280 cm³/mol. The molecule has 1 aliphatic rings. The van der Waals surface area contributed by atoms with Gasteiger partial charge in [-0.3, -0.25) is 4.57 Å². The molecule has 314 valence electrons. The Bertz CT molecular complexity index is 4060. The first-order valence-electron chi connectivity index (χ1n) is 23.0. The lowest BCUT2D eigenvalue weighted by atomic mass is 9.88. The number of fused-ring (bicyclic) bond motifs is 12. The van der Waals surface area contributed by atoms with Gasteiger partial charge in [-0.25, -0.2) is 4.98 Å². The molecule has 5 nitrogen and oxygen atoms in total. The van der Waals surface area contributed by atoms with Gasteiger partial charge in [-0.05, 0) is 123 Å². The summed E-state index contributed by atoms with van der Waals surface area (Å²) in [4.78, 5) is 7.58. The van der Waals surface area contributed by atoms with Gasteiger partial charge in [0.1, 0.15) is 12.0 Å². The van der Waals surface area contributed by atoms with E-state index < -0.39 is 0 Å². The summed E-state index contributed by atoms with van der Waals surface area (Å²) < 4.78 is 4.75. The molecule has 0 saturated carbocycles. The van der Waals surface area contributed by atoms with Crippen LogP contribution in [-0.2, 0) is 0 Å². The summed E-state index contributed by atoms with van der Waals surface area (Å²) in [6.07, 6.45) is -0.0365. The Hall–Kier alpha value is -8.93. The highest BCUT2D eigenvalue weighted by Crippen LogP contribution is 2.49. The molecule has 3 heterocycles. The number of para-hydroxylation sites is 7. The lowest BCUT2D eigenvalue weighted by Crippen LogP contribution is -2.23. The molecule has 1 N–H and O–H groups in total. The van der Waals surface area contributed by atoms with Crippen molar-refractivity contribution < 1.29 is 0 Å². The molecule has 13 aromatic rings. The zero-order valence-corrected chi connectivity index (χ0v) is 36.4. The number of nitrogens with zero attached hydrogens (tertiary/aromatic N) is 4. The summed E-state index contributed by atoms with van der Waals surface area (Å²) in [6.45, 7) is 0. The van der Waals surface area contributed by atoms with Crippen molar-refractivity contribution in [3.05, 3.63) is 242 Å². The van der Waals surface area contributed by atoms with Crippen molar-refractivity contribution in [2.24, 2.45) is 0 Å². The minimum Gasteiger partial charge on any atom is -0.359 e. The number of nitrogens with one attached hydrogen (secondary N) is 1. The normalized spacial score (nSPS) is 13.6. The van der Waals surface area contributed by atoms with Crippen molar-refractivity contribution in [2.45, 2.75) is 6.17 Å². The molecule has 0 radical (unpaired) electrons. The molecule has 0 amide bonds. The maximum absolute atomic E-state index is 5.18. The average Bonchev–Trinajstić information content (AvgIpc) is 4.10. The van der Waals surface area contributed by atoms with E-state index in [1.807, 2.05) is 0 Å². The standard InChI is InChI=1S/C62H41N5/c1-3-17-43(18-4-1)66-56-29-15-12-26-53(56)63-61(66)41-33-31-40(32-34-41)51-39-52-47-22-8-10-24-49(47)60-59(58(52)48-23-9-7-21-46(48)51)50-25-11-14-28-55(50)65(60)45-37-35-42(36-38-45)62-64-54-27-13-16-30-57(54)67(62)44-19-5-2-6-20-44/h1-39,61,63H. The molecule has 1 atom stereocenters. The van der Waals surface area contributed by atoms with Gasteiger partial charge in [-0.1, -0.05) is 152 Å². The van der Waals surface area contributed by atoms with E-state index in [1.165, 1.54) is 76.5 Å². The largest absolute Gasteiger partial charge is 0.359 e. The Labute approximate surface area is 387 Å². The molecule has 1 aliphatic heterocycles. The first kappa shape index (κ1) is 37.4. The Morgan fingerprint density at radius 3 is 1.75 bits per heavy atom. The molecule has 2 aromatic heterocycles. The summed E-state index contributed by atoms with van der Waals surface area (Å²) in [5.41, 5.74) is 14.8. The van der Waals surface area contributed by atoms with Gasteiger partial charge in [0.15, 0.2) is 0 Å². The average molecular weight is 856 g/mol. The van der Waals surface area contributed by atoms with Gasteiger partial charge in [0.05, 0.1) is 33.4 Å². The Morgan fingerprint density at radius 1 is 0.388 bits per heavy atom. The third-order valence-electron chi connectivity index (χ3n) is 13.9.